The summed E-state index contributed by atoms with van der Waals surface area (Å²) in [5.41, 5.74) is 3.48. The summed E-state index contributed by atoms with van der Waals surface area (Å²) in [6.45, 7) is 5.91. The van der Waals surface area contributed by atoms with Gasteiger partial charge in [0.1, 0.15) is 5.75 Å². The number of benzene rings is 3. The molecule has 0 fully saturated rings. The second-order valence-corrected chi connectivity index (χ2v) is 7.04. The second kappa shape index (κ2) is 9.06. The third-order valence-electron chi connectivity index (χ3n) is 4.20. The summed E-state index contributed by atoms with van der Waals surface area (Å²) in [6, 6.07) is 21.3. The van der Waals surface area contributed by atoms with E-state index in [0.717, 1.165) is 17.0 Å². The molecule has 0 aliphatic carbocycles. The molecule has 2 amide bonds. The molecule has 0 spiro atoms. The van der Waals surface area contributed by atoms with Crippen LogP contribution in [0.15, 0.2) is 72.8 Å². The highest BCUT2D eigenvalue weighted by Gasteiger charge is 2.10. The maximum atomic E-state index is 12.4. The van der Waals surface area contributed by atoms with Gasteiger partial charge >= 0.3 is 0 Å². The molecular weight excluding hydrogens is 364 g/mol. The predicted octanol–water partition coefficient (Wildman–Crippen LogP) is 5.29. The van der Waals surface area contributed by atoms with Crippen LogP contribution in [0.3, 0.4) is 0 Å². The second-order valence-electron chi connectivity index (χ2n) is 7.04. The Morgan fingerprint density at radius 3 is 1.52 bits per heavy atom. The Bertz CT molecular complexity index is 976. The number of nitrogens with one attached hydrogen (secondary N) is 2. The highest BCUT2D eigenvalue weighted by atomic mass is 16.5. The lowest BCUT2D eigenvalue weighted by Gasteiger charge is -2.11. The normalized spacial score (nSPS) is 10.5. The average Bonchev–Trinajstić information content (AvgIpc) is 2.71. The first-order valence-electron chi connectivity index (χ1n) is 9.47. The van der Waals surface area contributed by atoms with Gasteiger partial charge in [0.25, 0.3) is 11.8 Å². The van der Waals surface area contributed by atoms with Crippen LogP contribution in [0.5, 0.6) is 5.75 Å². The van der Waals surface area contributed by atoms with Crippen molar-refractivity contribution in [3.8, 4) is 5.75 Å². The third kappa shape index (κ3) is 5.69. The number of hydrogen-bond acceptors (Lipinski definition) is 3. The first-order valence-corrected chi connectivity index (χ1v) is 9.47. The molecule has 148 valence electrons. The summed E-state index contributed by atoms with van der Waals surface area (Å²) >= 11 is 0. The van der Waals surface area contributed by atoms with E-state index in [9.17, 15) is 9.59 Å². The summed E-state index contributed by atoms with van der Waals surface area (Å²) in [4.78, 5) is 24.8. The smallest absolute Gasteiger partial charge is 0.255 e. The van der Waals surface area contributed by atoms with Gasteiger partial charge in [-0.3, -0.25) is 9.59 Å². The van der Waals surface area contributed by atoms with Crippen molar-refractivity contribution in [1.82, 2.24) is 0 Å². The van der Waals surface area contributed by atoms with Gasteiger partial charge < -0.3 is 15.4 Å². The van der Waals surface area contributed by atoms with Crippen molar-refractivity contribution >= 4 is 23.2 Å². The Kier molecular flexibility index (Phi) is 6.29. The van der Waals surface area contributed by atoms with Gasteiger partial charge in [0.2, 0.25) is 0 Å². The zero-order chi connectivity index (χ0) is 20.8. The molecule has 3 rings (SSSR count). The fraction of sp³-hybridized carbons (Fsp3) is 0.167. The van der Waals surface area contributed by atoms with Crippen LogP contribution < -0.4 is 15.4 Å². The average molecular weight is 388 g/mol. The van der Waals surface area contributed by atoms with E-state index < -0.39 is 0 Å². The molecule has 0 heterocycles. The van der Waals surface area contributed by atoms with E-state index in [1.54, 1.807) is 36.4 Å². The highest BCUT2D eigenvalue weighted by Crippen LogP contribution is 2.18. The lowest BCUT2D eigenvalue weighted by molar-refractivity contribution is 0.101. The Hall–Kier alpha value is -3.60. The van der Waals surface area contributed by atoms with Gasteiger partial charge in [-0.25, -0.2) is 0 Å². The largest absolute Gasteiger partial charge is 0.491 e. The quantitative estimate of drug-likeness (QED) is 0.603. The third-order valence-corrected chi connectivity index (χ3v) is 4.20. The van der Waals surface area contributed by atoms with E-state index in [1.165, 1.54) is 0 Å². The van der Waals surface area contributed by atoms with Gasteiger partial charge in [-0.2, -0.15) is 0 Å². The van der Waals surface area contributed by atoms with E-state index in [1.807, 2.05) is 57.2 Å². The van der Waals surface area contributed by atoms with E-state index in [-0.39, 0.29) is 17.9 Å². The van der Waals surface area contributed by atoms with Crippen LogP contribution in [0.1, 0.15) is 40.1 Å². The van der Waals surface area contributed by atoms with Crippen molar-refractivity contribution in [2.75, 3.05) is 10.6 Å². The van der Waals surface area contributed by atoms with Crippen LogP contribution in [-0.4, -0.2) is 17.9 Å². The molecule has 0 aliphatic heterocycles. The monoisotopic (exact) mass is 388 g/mol. The van der Waals surface area contributed by atoms with Crippen LogP contribution in [0.25, 0.3) is 0 Å². The van der Waals surface area contributed by atoms with Crippen LogP contribution >= 0.6 is 0 Å². The standard InChI is InChI=1S/C24H24N2O3/c1-16(2)29-22-14-12-21(13-15-22)26-24(28)19-8-6-18(7-9-19)23(27)25-20-10-4-17(3)5-11-20/h4-16H,1-3H3,(H,25,27)(H,26,28). The predicted molar refractivity (Wildman–Crippen MR) is 116 cm³/mol. The lowest BCUT2D eigenvalue weighted by Crippen LogP contribution is -2.14. The molecule has 0 aliphatic rings. The van der Waals surface area contributed by atoms with Crippen LogP contribution in [0.2, 0.25) is 0 Å². The van der Waals surface area contributed by atoms with Gasteiger partial charge in [0, 0.05) is 22.5 Å². The van der Waals surface area contributed by atoms with E-state index in [0.29, 0.717) is 16.8 Å². The Morgan fingerprint density at radius 1 is 0.690 bits per heavy atom. The number of rotatable bonds is 6. The van der Waals surface area contributed by atoms with Crippen molar-refractivity contribution in [1.29, 1.82) is 0 Å². The number of ether oxygens (including phenoxy) is 1. The van der Waals surface area contributed by atoms with Crippen LogP contribution in [-0.2, 0) is 0 Å². The summed E-state index contributed by atoms with van der Waals surface area (Å²) in [5, 5.41) is 5.68. The summed E-state index contributed by atoms with van der Waals surface area (Å²) in [5.74, 6) is 0.288. The van der Waals surface area contributed by atoms with Gasteiger partial charge in [0.15, 0.2) is 0 Å². The zero-order valence-corrected chi connectivity index (χ0v) is 16.7. The molecule has 3 aromatic carbocycles. The summed E-state index contributed by atoms with van der Waals surface area (Å²) in [6.07, 6.45) is 0.0946. The van der Waals surface area contributed by atoms with Crippen molar-refractivity contribution in [3.63, 3.8) is 0 Å². The zero-order valence-electron chi connectivity index (χ0n) is 16.7. The van der Waals surface area contributed by atoms with Crippen molar-refractivity contribution in [3.05, 3.63) is 89.5 Å². The van der Waals surface area contributed by atoms with E-state index in [2.05, 4.69) is 10.6 Å². The van der Waals surface area contributed by atoms with Crippen molar-refractivity contribution in [2.45, 2.75) is 26.9 Å². The Balaban J connectivity index is 1.60. The molecule has 0 atom stereocenters. The molecule has 0 saturated heterocycles. The summed E-state index contributed by atoms with van der Waals surface area (Å²) in [7, 11) is 0. The fourth-order valence-corrected chi connectivity index (χ4v) is 2.71. The number of anilines is 2. The molecule has 0 bridgehead atoms. The number of amides is 2. The molecule has 0 radical (unpaired) electrons. The molecule has 5 nitrogen and oxygen atoms in total. The molecule has 0 saturated carbocycles. The molecule has 29 heavy (non-hydrogen) atoms. The molecule has 5 heteroatoms. The number of carbonyl (C=O) groups excluding carboxylic acids is 2. The van der Waals surface area contributed by atoms with Gasteiger partial charge in [-0.1, -0.05) is 17.7 Å². The topological polar surface area (TPSA) is 67.4 Å². The Morgan fingerprint density at radius 2 is 1.10 bits per heavy atom. The Labute approximate surface area is 170 Å². The van der Waals surface area contributed by atoms with Gasteiger partial charge in [-0.05, 0) is 81.4 Å². The number of hydrogen-bond donors (Lipinski definition) is 2. The van der Waals surface area contributed by atoms with E-state index >= 15 is 0 Å². The summed E-state index contributed by atoms with van der Waals surface area (Å²) < 4.78 is 5.59. The van der Waals surface area contributed by atoms with Crippen molar-refractivity contribution < 1.29 is 14.3 Å². The first-order chi connectivity index (χ1) is 13.9. The number of carbonyl (C=O) groups is 2. The minimum atomic E-state index is -0.243. The SMILES string of the molecule is Cc1ccc(NC(=O)c2ccc(C(=O)Nc3ccc(OC(C)C)cc3)cc2)cc1. The molecule has 3 aromatic rings. The van der Waals surface area contributed by atoms with Crippen LogP contribution in [0.4, 0.5) is 11.4 Å². The minimum Gasteiger partial charge on any atom is -0.491 e. The van der Waals surface area contributed by atoms with Gasteiger partial charge in [0.05, 0.1) is 6.10 Å². The molecule has 0 unspecified atom stereocenters. The fourth-order valence-electron chi connectivity index (χ4n) is 2.71. The molecule has 2 N–H and O–H groups in total. The maximum absolute atomic E-state index is 12.4. The molecular formula is C24H24N2O3. The number of aryl methyl sites for hydroxylation is 1. The molecule has 0 aromatic heterocycles. The van der Waals surface area contributed by atoms with E-state index in [4.69, 9.17) is 4.74 Å². The van der Waals surface area contributed by atoms with Gasteiger partial charge in [-0.15, -0.1) is 0 Å². The maximum Gasteiger partial charge on any atom is 0.255 e. The van der Waals surface area contributed by atoms with Crippen LogP contribution in [0, 0.1) is 6.92 Å². The lowest BCUT2D eigenvalue weighted by atomic mass is 10.1. The first kappa shape index (κ1) is 20.1. The van der Waals surface area contributed by atoms with Crippen molar-refractivity contribution in [2.24, 2.45) is 0 Å². The minimum absolute atomic E-state index is 0.0946. The highest BCUT2D eigenvalue weighted by molar-refractivity contribution is 6.07.